The maximum Gasteiger partial charge on any atom is 0.483 e. The number of phosphoric ester groups is 1. The molecule has 0 aromatic heterocycles. The van der Waals surface area contributed by atoms with Crippen molar-refractivity contribution in [2.24, 2.45) is 0 Å². The number of phosphoric acid groups is 2. The van der Waals surface area contributed by atoms with Gasteiger partial charge in [0, 0.05) is 0 Å². The van der Waals surface area contributed by atoms with Gasteiger partial charge in [0.15, 0.2) is 5.85 Å². The quantitative estimate of drug-likeness (QED) is 0.459. The Morgan fingerprint density at radius 2 is 1.35 bits per heavy atom. The topological polar surface area (TPSA) is 120 Å². The summed E-state index contributed by atoms with van der Waals surface area (Å²) in [5.41, 5.74) is 0. The summed E-state index contributed by atoms with van der Waals surface area (Å²) in [6.07, 6.45) is 0. The largest absolute Gasteiger partial charge is 0.483 e. The van der Waals surface area contributed by atoms with Crippen molar-refractivity contribution in [3.8, 4) is 0 Å². The Hall–Kier alpha value is 0.180. The van der Waals surface area contributed by atoms with E-state index in [-0.39, 0.29) is 0 Å². The summed E-state index contributed by atoms with van der Waals surface area (Å²) in [7, 11) is -3.73. The van der Waals surface area contributed by atoms with Gasteiger partial charge in [0.05, 0.1) is 0 Å². The SMILES string of the molecule is CN(C)C(C)(OP(=O)(O)OP(=O)(O)O)N(C)C. The first-order valence-corrected chi connectivity index (χ1v) is 7.48. The van der Waals surface area contributed by atoms with E-state index >= 15 is 0 Å². The van der Waals surface area contributed by atoms with Crippen LogP contribution in [-0.2, 0) is 18.0 Å². The average Bonchev–Trinajstić information content (AvgIpc) is 1.96. The molecule has 0 aliphatic heterocycles. The molecule has 0 bridgehead atoms. The minimum absolute atomic E-state index is 1.36. The third kappa shape index (κ3) is 5.56. The van der Waals surface area contributed by atoms with E-state index in [1.165, 1.54) is 16.7 Å². The molecule has 0 saturated heterocycles. The number of nitrogens with zero attached hydrogens (tertiary/aromatic N) is 2. The van der Waals surface area contributed by atoms with Crippen molar-refractivity contribution in [3.05, 3.63) is 0 Å². The molecule has 1 unspecified atom stereocenters. The van der Waals surface area contributed by atoms with Crippen molar-refractivity contribution in [2.45, 2.75) is 12.8 Å². The van der Waals surface area contributed by atoms with Gasteiger partial charge in [0.25, 0.3) is 0 Å². The van der Waals surface area contributed by atoms with Gasteiger partial charge in [-0.15, -0.1) is 0 Å². The molecule has 0 fully saturated rings. The number of hydrogen-bond donors (Lipinski definition) is 3. The first-order valence-electron chi connectivity index (χ1n) is 4.45. The first-order chi connectivity index (χ1) is 7.30. The molecule has 3 N–H and O–H groups in total. The van der Waals surface area contributed by atoms with E-state index in [0.717, 1.165) is 0 Å². The summed E-state index contributed by atoms with van der Waals surface area (Å²) in [4.78, 5) is 29.1. The molecule has 0 aliphatic rings. The van der Waals surface area contributed by atoms with Crippen LogP contribution in [-0.4, -0.2) is 58.5 Å². The van der Waals surface area contributed by atoms with Gasteiger partial charge in [-0.3, -0.25) is 14.3 Å². The van der Waals surface area contributed by atoms with Crippen molar-refractivity contribution in [2.75, 3.05) is 28.2 Å². The highest BCUT2D eigenvalue weighted by atomic mass is 31.3. The third-order valence-corrected chi connectivity index (χ3v) is 4.41. The van der Waals surface area contributed by atoms with Crippen LogP contribution < -0.4 is 0 Å². The molecule has 0 rings (SSSR count). The fourth-order valence-corrected chi connectivity index (χ4v) is 2.91. The second kappa shape index (κ2) is 5.44. The normalized spacial score (nSPS) is 17.5. The Kier molecular flexibility index (Phi) is 5.50. The highest BCUT2D eigenvalue weighted by molar-refractivity contribution is 7.60. The van der Waals surface area contributed by atoms with Gasteiger partial charge >= 0.3 is 15.6 Å². The van der Waals surface area contributed by atoms with Crippen molar-refractivity contribution < 1.29 is 32.6 Å². The predicted octanol–water partition coefficient (Wildman–Crippen LogP) is 0.00960. The van der Waals surface area contributed by atoms with E-state index < -0.39 is 21.5 Å². The molecular formula is C6H18N2O7P2. The zero-order chi connectivity index (χ0) is 14.1. The smallest absolute Gasteiger partial charge is 0.302 e. The Bertz CT molecular complexity index is 344. The number of rotatable bonds is 6. The van der Waals surface area contributed by atoms with E-state index in [2.05, 4.69) is 4.31 Å². The van der Waals surface area contributed by atoms with Gasteiger partial charge in [-0.2, -0.15) is 4.31 Å². The van der Waals surface area contributed by atoms with E-state index in [1.807, 2.05) is 0 Å². The summed E-state index contributed by atoms with van der Waals surface area (Å²) < 4.78 is 30.4. The molecule has 11 heteroatoms. The Labute approximate surface area is 99.8 Å². The van der Waals surface area contributed by atoms with Crippen LogP contribution in [0.25, 0.3) is 0 Å². The van der Waals surface area contributed by atoms with Gasteiger partial charge < -0.3 is 14.7 Å². The van der Waals surface area contributed by atoms with E-state index in [4.69, 9.17) is 14.3 Å². The van der Waals surface area contributed by atoms with Crippen LogP contribution in [0.15, 0.2) is 0 Å². The molecule has 0 heterocycles. The summed E-state index contributed by atoms with van der Waals surface area (Å²) >= 11 is 0. The lowest BCUT2D eigenvalue weighted by atomic mass is 10.4. The Balaban J connectivity index is 5.02. The van der Waals surface area contributed by atoms with Gasteiger partial charge in [0.2, 0.25) is 0 Å². The standard InChI is InChI=1S/C6H18N2O7P2/c1-6(7(2)3,8(4)5)14-17(12,13)15-16(9,10)11/h1-5H3,(H,12,13)(H2,9,10,11). The number of hydrogen-bond acceptors (Lipinski definition) is 6. The van der Waals surface area contributed by atoms with Gasteiger partial charge in [-0.1, -0.05) is 0 Å². The van der Waals surface area contributed by atoms with Crippen LogP contribution in [0.3, 0.4) is 0 Å². The lowest BCUT2D eigenvalue weighted by molar-refractivity contribution is -0.155. The highest BCUT2D eigenvalue weighted by Crippen LogP contribution is 2.59. The summed E-state index contributed by atoms with van der Waals surface area (Å²) in [6.45, 7) is 1.44. The minimum atomic E-state index is -5.11. The molecule has 0 saturated carbocycles. The summed E-state index contributed by atoms with van der Waals surface area (Å²) in [5.74, 6) is -1.36. The van der Waals surface area contributed by atoms with Gasteiger partial charge in [-0.25, -0.2) is 9.13 Å². The molecule has 1 atom stereocenters. The fraction of sp³-hybridized carbons (Fsp3) is 1.00. The molecule has 17 heavy (non-hydrogen) atoms. The van der Waals surface area contributed by atoms with Crippen LogP contribution in [0, 0.1) is 0 Å². The van der Waals surface area contributed by atoms with Crippen LogP contribution in [0.2, 0.25) is 0 Å². The molecule has 0 aromatic rings. The average molecular weight is 292 g/mol. The second-order valence-electron chi connectivity index (χ2n) is 3.85. The molecule has 0 aromatic carbocycles. The van der Waals surface area contributed by atoms with Crippen LogP contribution in [0.5, 0.6) is 0 Å². The minimum Gasteiger partial charge on any atom is -0.302 e. The van der Waals surface area contributed by atoms with Crippen LogP contribution >= 0.6 is 15.6 Å². The van der Waals surface area contributed by atoms with E-state index in [9.17, 15) is 14.0 Å². The third-order valence-electron chi connectivity index (χ3n) is 2.16. The molecule has 104 valence electrons. The molecule has 0 spiro atoms. The predicted molar refractivity (Wildman–Crippen MR) is 59.8 cm³/mol. The zero-order valence-electron chi connectivity index (χ0n) is 10.3. The fourth-order valence-electron chi connectivity index (χ4n) is 0.933. The molecule has 0 radical (unpaired) electrons. The molecule has 0 aliphatic carbocycles. The van der Waals surface area contributed by atoms with Gasteiger partial charge in [-0.05, 0) is 35.1 Å². The van der Waals surface area contributed by atoms with E-state index in [0.29, 0.717) is 0 Å². The first kappa shape index (κ1) is 17.2. The maximum atomic E-state index is 11.4. The molecule has 9 nitrogen and oxygen atoms in total. The van der Waals surface area contributed by atoms with Crippen molar-refractivity contribution in [3.63, 3.8) is 0 Å². The van der Waals surface area contributed by atoms with E-state index in [1.54, 1.807) is 28.2 Å². The molecular weight excluding hydrogens is 274 g/mol. The van der Waals surface area contributed by atoms with Crippen LogP contribution in [0.1, 0.15) is 6.92 Å². The Morgan fingerprint density at radius 1 is 1.00 bits per heavy atom. The van der Waals surface area contributed by atoms with Crippen molar-refractivity contribution >= 4 is 15.6 Å². The highest BCUT2D eigenvalue weighted by Gasteiger charge is 2.43. The van der Waals surface area contributed by atoms with Gasteiger partial charge in [0.1, 0.15) is 0 Å². The lowest BCUT2D eigenvalue weighted by Crippen LogP contribution is -2.54. The maximum absolute atomic E-state index is 11.4. The summed E-state index contributed by atoms with van der Waals surface area (Å²) in [5, 5.41) is 0. The Morgan fingerprint density at radius 3 is 1.59 bits per heavy atom. The van der Waals surface area contributed by atoms with Crippen molar-refractivity contribution in [1.29, 1.82) is 0 Å². The lowest BCUT2D eigenvalue weighted by Gasteiger charge is -2.41. The monoisotopic (exact) mass is 292 g/mol. The van der Waals surface area contributed by atoms with Crippen molar-refractivity contribution in [1.82, 2.24) is 9.80 Å². The molecule has 0 amide bonds. The van der Waals surface area contributed by atoms with Crippen LogP contribution in [0.4, 0.5) is 0 Å². The second-order valence-corrected chi connectivity index (χ2v) is 6.61. The summed E-state index contributed by atoms with van der Waals surface area (Å²) in [6, 6.07) is 0. The zero-order valence-corrected chi connectivity index (χ0v) is 12.1.